The van der Waals surface area contributed by atoms with Crippen molar-refractivity contribution in [1.29, 1.82) is 0 Å². The smallest absolute Gasteiger partial charge is 0.255 e. The van der Waals surface area contributed by atoms with Gasteiger partial charge in [0.15, 0.2) is 5.82 Å². The lowest BCUT2D eigenvalue weighted by Gasteiger charge is -2.33. The van der Waals surface area contributed by atoms with E-state index < -0.39 is 0 Å². The van der Waals surface area contributed by atoms with E-state index in [-0.39, 0.29) is 6.10 Å². The Morgan fingerprint density at radius 2 is 2.04 bits per heavy atom. The van der Waals surface area contributed by atoms with Crippen molar-refractivity contribution in [2.24, 2.45) is 5.92 Å². The molecule has 7 heteroatoms. The van der Waals surface area contributed by atoms with Crippen molar-refractivity contribution in [1.82, 2.24) is 20.2 Å². The highest BCUT2D eigenvalue weighted by Gasteiger charge is 2.41. The van der Waals surface area contributed by atoms with Gasteiger partial charge in [-0.15, -0.1) is 0 Å². The molecule has 0 bridgehead atoms. The highest BCUT2D eigenvalue weighted by molar-refractivity contribution is 5.20. The van der Waals surface area contributed by atoms with Gasteiger partial charge in [-0.1, -0.05) is 10.3 Å². The molecule has 3 atom stereocenters. The monoisotopic (exact) mass is 318 g/mol. The number of aryl methyl sites for hydroxylation is 3. The zero-order valence-corrected chi connectivity index (χ0v) is 13.8. The van der Waals surface area contributed by atoms with Gasteiger partial charge in [-0.3, -0.25) is 4.90 Å². The fraction of sp³-hybridized carbons (Fsp3) is 0.688. The summed E-state index contributed by atoms with van der Waals surface area (Å²) in [5.74, 6) is 2.72. The Hall–Kier alpha value is -1.73. The van der Waals surface area contributed by atoms with E-state index in [4.69, 9.17) is 13.8 Å². The maximum atomic E-state index is 6.14. The Balaban J connectivity index is 1.41. The first-order chi connectivity index (χ1) is 11.1. The van der Waals surface area contributed by atoms with Crippen molar-refractivity contribution in [2.45, 2.75) is 52.4 Å². The molecule has 0 saturated carbocycles. The molecule has 4 heterocycles. The lowest BCUT2D eigenvalue weighted by Crippen LogP contribution is -2.40. The molecule has 0 radical (unpaired) electrons. The topological polar surface area (TPSA) is 77.4 Å². The van der Waals surface area contributed by atoms with Crippen LogP contribution in [0.1, 0.15) is 47.7 Å². The molecule has 4 rings (SSSR count). The van der Waals surface area contributed by atoms with Gasteiger partial charge in [0.2, 0.25) is 0 Å². The lowest BCUT2D eigenvalue weighted by atomic mass is 9.92. The molecule has 2 aliphatic rings. The number of rotatable bonds is 3. The van der Waals surface area contributed by atoms with Crippen LogP contribution in [0.2, 0.25) is 0 Å². The predicted molar refractivity (Wildman–Crippen MR) is 80.6 cm³/mol. The van der Waals surface area contributed by atoms with Crippen molar-refractivity contribution in [3.05, 3.63) is 28.7 Å². The van der Waals surface area contributed by atoms with Gasteiger partial charge in [-0.05, 0) is 33.6 Å². The van der Waals surface area contributed by atoms with Crippen LogP contribution in [-0.4, -0.2) is 39.4 Å². The van der Waals surface area contributed by atoms with Gasteiger partial charge in [-0.25, -0.2) is 0 Å². The summed E-state index contributed by atoms with van der Waals surface area (Å²) in [5, 5.41) is 7.92. The molecule has 0 spiro atoms. The summed E-state index contributed by atoms with van der Waals surface area (Å²) < 4.78 is 16.7. The Labute approximate surface area is 135 Å². The minimum Gasteiger partial charge on any atom is -0.365 e. The van der Waals surface area contributed by atoms with Crippen LogP contribution < -0.4 is 0 Å². The van der Waals surface area contributed by atoms with Crippen LogP contribution in [0.3, 0.4) is 0 Å². The minimum absolute atomic E-state index is 0.0507. The summed E-state index contributed by atoms with van der Waals surface area (Å²) in [6, 6.07) is 0. The first-order valence-corrected chi connectivity index (χ1v) is 8.20. The molecule has 0 amide bonds. The summed E-state index contributed by atoms with van der Waals surface area (Å²) in [5.41, 5.74) is 2.21. The number of hydrogen-bond acceptors (Lipinski definition) is 7. The molecule has 0 aromatic carbocycles. The van der Waals surface area contributed by atoms with Gasteiger partial charge in [0.05, 0.1) is 11.8 Å². The van der Waals surface area contributed by atoms with Gasteiger partial charge in [-0.2, -0.15) is 4.98 Å². The summed E-state index contributed by atoms with van der Waals surface area (Å²) in [6.45, 7) is 8.77. The van der Waals surface area contributed by atoms with Crippen LogP contribution in [-0.2, 0) is 11.3 Å². The van der Waals surface area contributed by atoms with E-state index in [1.54, 1.807) is 0 Å². The van der Waals surface area contributed by atoms with Gasteiger partial charge in [0.1, 0.15) is 11.9 Å². The van der Waals surface area contributed by atoms with Crippen LogP contribution in [0.15, 0.2) is 9.05 Å². The summed E-state index contributed by atoms with van der Waals surface area (Å²) in [7, 11) is 0. The van der Waals surface area contributed by atoms with Crippen LogP contribution >= 0.6 is 0 Å². The standard InChI is InChI=1S/C16H22N4O3/c1-9-13(10(2)22-18-9)8-20-5-4-14-12(7-20)6-15(21-14)16-17-11(3)19-23-16/h12,14-15H,4-8H2,1-3H3/t12-,14-,15+/m0/s1. The number of piperidine rings is 1. The zero-order valence-electron chi connectivity index (χ0n) is 13.8. The second-order valence-corrected chi connectivity index (χ2v) is 6.67. The third-order valence-corrected chi connectivity index (χ3v) is 4.99. The van der Waals surface area contributed by atoms with Crippen molar-refractivity contribution < 1.29 is 13.8 Å². The maximum Gasteiger partial charge on any atom is 0.255 e. The highest BCUT2D eigenvalue weighted by atomic mass is 16.5. The zero-order chi connectivity index (χ0) is 16.0. The number of likely N-dealkylation sites (tertiary alicyclic amines) is 1. The van der Waals surface area contributed by atoms with Crippen LogP contribution in [0.25, 0.3) is 0 Å². The molecule has 0 aliphatic carbocycles. The third-order valence-electron chi connectivity index (χ3n) is 4.99. The Bertz CT molecular complexity index is 676. The van der Waals surface area contributed by atoms with Gasteiger partial charge >= 0.3 is 0 Å². The van der Waals surface area contributed by atoms with Crippen LogP contribution in [0, 0.1) is 26.7 Å². The Kier molecular flexibility index (Phi) is 3.69. The number of aromatic nitrogens is 3. The van der Waals surface area contributed by atoms with Crippen LogP contribution in [0.4, 0.5) is 0 Å². The molecular formula is C16H22N4O3. The molecule has 2 aromatic rings. The van der Waals surface area contributed by atoms with Gasteiger partial charge in [0, 0.05) is 31.1 Å². The van der Waals surface area contributed by atoms with E-state index >= 15 is 0 Å². The molecule has 2 saturated heterocycles. The van der Waals surface area contributed by atoms with Crippen molar-refractivity contribution in [3.63, 3.8) is 0 Å². The number of nitrogens with zero attached hydrogens (tertiary/aromatic N) is 4. The second kappa shape index (κ2) is 5.72. The SMILES string of the molecule is Cc1noc([C@H]2C[C@H]3CN(Cc4c(C)noc4C)CC[C@@H]3O2)n1. The molecule has 2 aliphatic heterocycles. The summed E-state index contributed by atoms with van der Waals surface area (Å²) >= 11 is 0. The fourth-order valence-electron chi connectivity index (χ4n) is 3.73. The maximum absolute atomic E-state index is 6.14. The summed E-state index contributed by atoms with van der Waals surface area (Å²) in [4.78, 5) is 6.79. The van der Waals surface area contributed by atoms with Crippen LogP contribution in [0.5, 0.6) is 0 Å². The van der Waals surface area contributed by atoms with E-state index in [0.717, 1.165) is 43.9 Å². The molecular weight excluding hydrogens is 296 g/mol. The predicted octanol–water partition coefficient (Wildman–Crippen LogP) is 2.33. The molecule has 7 nitrogen and oxygen atoms in total. The molecule has 0 unspecified atom stereocenters. The minimum atomic E-state index is -0.0507. The van der Waals surface area contributed by atoms with Gasteiger partial charge in [0.25, 0.3) is 5.89 Å². The van der Waals surface area contributed by atoms with E-state index in [9.17, 15) is 0 Å². The molecule has 124 valence electrons. The van der Waals surface area contributed by atoms with Gasteiger partial charge < -0.3 is 13.8 Å². The number of ether oxygens (including phenoxy) is 1. The first-order valence-electron chi connectivity index (χ1n) is 8.20. The average molecular weight is 318 g/mol. The second-order valence-electron chi connectivity index (χ2n) is 6.67. The Morgan fingerprint density at radius 3 is 2.74 bits per heavy atom. The largest absolute Gasteiger partial charge is 0.365 e. The molecule has 0 N–H and O–H groups in total. The lowest BCUT2D eigenvalue weighted by molar-refractivity contribution is -0.0112. The van der Waals surface area contributed by atoms with Crippen molar-refractivity contribution in [2.75, 3.05) is 13.1 Å². The summed E-state index contributed by atoms with van der Waals surface area (Å²) in [6.07, 6.45) is 2.24. The molecule has 2 fully saturated rings. The molecule has 23 heavy (non-hydrogen) atoms. The average Bonchev–Trinajstić information content (AvgIpc) is 3.21. The molecule has 2 aromatic heterocycles. The van der Waals surface area contributed by atoms with Crippen molar-refractivity contribution >= 4 is 0 Å². The van der Waals surface area contributed by atoms with E-state index in [0.29, 0.717) is 23.7 Å². The van der Waals surface area contributed by atoms with Crippen molar-refractivity contribution in [3.8, 4) is 0 Å². The highest BCUT2D eigenvalue weighted by Crippen LogP contribution is 2.40. The number of fused-ring (bicyclic) bond motifs is 1. The van der Waals surface area contributed by atoms with E-state index in [1.165, 1.54) is 5.56 Å². The van der Waals surface area contributed by atoms with E-state index in [1.807, 2.05) is 20.8 Å². The fourth-order valence-corrected chi connectivity index (χ4v) is 3.73. The normalized spacial score (nSPS) is 28.2. The first kappa shape index (κ1) is 14.8. The van der Waals surface area contributed by atoms with E-state index in [2.05, 4.69) is 20.2 Å². The Morgan fingerprint density at radius 1 is 1.17 bits per heavy atom. The quantitative estimate of drug-likeness (QED) is 0.859. The number of hydrogen-bond donors (Lipinski definition) is 0. The third kappa shape index (κ3) is 2.79.